The molecule has 14 heteroatoms. The number of fused-ring (bicyclic) bond motifs is 2. The van der Waals surface area contributed by atoms with Gasteiger partial charge in [0.1, 0.15) is 23.8 Å². The summed E-state index contributed by atoms with van der Waals surface area (Å²) >= 11 is 0. The number of nitrogens with two attached hydrogens (primary N) is 1. The molecular weight excluding hydrogens is 552 g/mol. The highest BCUT2D eigenvalue weighted by Crippen LogP contribution is 2.35. The van der Waals surface area contributed by atoms with Crippen LogP contribution in [0.3, 0.4) is 0 Å². The van der Waals surface area contributed by atoms with E-state index in [-0.39, 0.29) is 24.0 Å². The Labute approximate surface area is 244 Å². The number of benzene rings is 2. The van der Waals surface area contributed by atoms with E-state index >= 15 is 0 Å². The molecule has 3 heterocycles. The molecular formula is C29H26N10O4. The molecule has 1 fully saturated rings. The minimum atomic E-state index is -0.815. The number of hydrogen-bond donors (Lipinski definition) is 4. The van der Waals surface area contributed by atoms with E-state index in [4.69, 9.17) is 5.73 Å². The third-order valence-corrected chi connectivity index (χ3v) is 8.29. The van der Waals surface area contributed by atoms with Gasteiger partial charge in [0.25, 0.3) is 11.8 Å². The first-order valence-corrected chi connectivity index (χ1v) is 13.9. The predicted octanol–water partition coefficient (Wildman–Crippen LogP) is 0.214. The number of carbonyl (C=O) groups excluding carboxylic acids is 4. The minimum Gasteiger partial charge on any atom is -0.358 e. The number of nitrogens with one attached hydrogen (secondary N) is 3. The second-order valence-corrected chi connectivity index (χ2v) is 10.8. The third kappa shape index (κ3) is 4.70. The molecule has 0 bridgehead atoms. The van der Waals surface area contributed by atoms with Crippen molar-refractivity contribution in [2.75, 3.05) is 11.4 Å². The minimum absolute atomic E-state index is 0.0593. The van der Waals surface area contributed by atoms with E-state index in [2.05, 4.69) is 41.2 Å². The van der Waals surface area contributed by atoms with Gasteiger partial charge in [-0.15, -0.1) is 10.2 Å². The number of hydrogen-bond acceptors (Lipinski definition) is 11. The van der Waals surface area contributed by atoms with Gasteiger partial charge in [0.2, 0.25) is 17.4 Å². The third-order valence-electron chi connectivity index (χ3n) is 8.29. The van der Waals surface area contributed by atoms with Gasteiger partial charge in [-0.25, -0.2) is 9.97 Å². The first-order valence-electron chi connectivity index (χ1n) is 13.9. The van der Waals surface area contributed by atoms with Crippen molar-refractivity contribution >= 4 is 29.1 Å². The average molecular weight is 579 g/mol. The van der Waals surface area contributed by atoms with Crippen molar-refractivity contribution in [3.8, 4) is 11.4 Å². The Bertz CT molecular complexity index is 1790. The summed E-state index contributed by atoms with van der Waals surface area (Å²) in [6, 6.07) is 11.3. The molecule has 0 radical (unpaired) electrons. The lowest BCUT2D eigenvalue weighted by Crippen LogP contribution is -2.68. The summed E-state index contributed by atoms with van der Waals surface area (Å²) in [4.78, 5) is 59.9. The van der Waals surface area contributed by atoms with Gasteiger partial charge < -0.3 is 21.3 Å². The molecule has 2 aliphatic carbocycles. The fourth-order valence-electron chi connectivity index (χ4n) is 6.01. The van der Waals surface area contributed by atoms with Gasteiger partial charge in [-0.2, -0.15) is 5.21 Å². The fourth-order valence-corrected chi connectivity index (χ4v) is 6.01. The number of aryl methyl sites for hydroxylation is 1. The van der Waals surface area contributed by atoms with Gasteiger partial charge in [-0.05, 0) is 58.9 Å². The maximum absolute atomic E-state index is 13.1. The van der Waals surface area contributed by atoms with Crippen LogP contribution in [0.1, 0.15) is 55.7 Å². The molecule has 0 spiro atoms. The number of Topliss-reactive ketones (excluding diaryl/α,β-unsaturated/α-hetero) is 2. The lowest BCUT2D eigenvalue weighted by Gasteiger charge is -2.38. The molecule has 1 saturated carbocycles. The Morgan fingerprint density at radius 3 is 2.60 bits per heavy atom. The van der Waals surface area contributed by atoms with Gasteiger partial charge in [0, 0.05) is 30.4 Å². The van der Waals surface area contributed by atoms with E-state index in [1.54, 1.807) is 0 Å². The predicted molar refractivity (Wildman–Crippen MR) is 151 cm³/mol. The van der Waals surface area contributed by atoms with E-state index in [9.17, 15) is 19.2 Å². The number of nitrogens with zero attached hydrogens (tertiary/aromatic N) is 6. The van der Waals surface area contributed by atoms with Crippen molar-refractivity contribution < 1.29 is 19.2 Å². The van der Waals surface area contributed by atoms with E-state index in [1.165, 1.54) is 12.4 Å². The van der Waals surface area contributed by atoms with Crippen LogP contribution in [-0.4, -0.2) is 72.6 Å². The van der Waals surface area contributed by atoms with E-state index in [0.717, 1.165) is 52.8 Å². The highest BCUT2D eigenvalue weighted by atomic mass is 16.2. The lowest BCUT2D eigenvalue weighted by atomic mass is 9.82. The quantitative estimate of drug-likeness (QED) is 0.218. The van der Waals surface area contributed by atoms with Gasteiger partial charge in [0.15, 0.2) is 0 Å². The molecule has 2 amide bonds. The SMILES string of the molecule is NC1C(=O)C(=O)C1N1CCc2ccc(CNC(=O)c3cc(C(=O)N[C@H]4CCc5cc(-c6nn[nH]n6)ccc54)ncn3)cc21. The van der Waals surface area contributed by atoms with Crippen LogP contribution in [0.4, 0.5) is 5.69 Å². The van der Waals surface area contributed by atoms with Crippen LogP contribution in [0.5, 0.6) is 0 Å². The van der Waals surface area contributed by atoms with Crippen molar-refractivity contribution in [2.45, 2.75) is 43.9 Å². The number of tetrazole rings is 1. The molecule has 14 nitrogen and oxygen atoms in total. The summed E-state index contributed by atoms with van der Waals surface area (Å²) in [5.74, 6) is -1.36. The molecule has 0 saturated heterocycles. The number of amides is 2. The van der Waals surface area contributed by atoms with Crippen molar-refractivity contribution in [3.05, 3.63) is 82.4 Å². The number of rotatable bonds is 7. The highest BCUT2D eigenvalue weighted by molar-refractivity contribution is 6.49. The van der Waals surface area contributed by atoms with Crippen molar-refractivity contribution in [2.24, 2.45) is 5.73 Å². The van der Waals surface area contributed by atoms with Crippen LogP contribution in [0.15, 0.2) is 48.8 Å². The molecule has 7 rings (SSSR count). The zero-order valence-corrected chi connectivity index (χ0v) is 22.8. The normalized spacial score (nSPS) is 20.4. The zero-order valence-electron chi connectivity index (χ0n) is 22.8. The van der Waals surface area contributed by atoms with Crippen LogP contribution in [0, 0.1) is 0 Å². The van der Waals surface area contributed by atoms with E-state index in [1.807, 2.05) is 41.3 Å². The van der Waals surface area contributed by atoms with Crippen LogP contribution in [-0.2, 0) is 29.0 Å². The van der Waals surface area contributed by atoms with Crippen LogP contribution < -0.4 is 21.3 Å². The van der Waals surface area contributed by atoms with Crippen LogP contribution in [0.2, 0.25) is 0 Å². The smallest absolute Gasteiger partial charge is 0.270 e. The van der Waals surface area contributed by atoms with Crippen molar-refractivity contribution in [1.29, 1.82) is 0 Å². The van der Waals surface area contributed by atoms with Gasteiger partial charge in [-0.1, -0.05) is 24.3 Å². The summed E-state index contributed by atoms with van der Waals surface area (Å²) in [6.07, 6.45) is 3.44. The summed E-state index contributed by atoms with van der Waals surface area (Å²) in [7, 11) is 0. The maximum Gasteiger partial charge on any atom is 0.270 e. The summed E-state index contributed by atoms with van der Waals surface area (Å²) < 4.78 is 0. The molecule has 5 N–H and O–H groups in total. The number of carbonyl (C=O) groups is 4. The van der Waals surface area contributed by atoms with Crippen molar-refractivity contribution in [1.82, 2.24) is 41.2 Å². The van der Waals surface area contributed by atoms with Gasteiger partial charge >= 0.3 is 0 Å². The molecule has 1 aliphatic heterocycles. The zero-order chi connectivity index (χ0) is 29.7. The molecule has 2 aromatic heterocycles. The number of ketones is 2. The maximum atomic E-state index is 13.1. The van der Waals surface area contributed by atoms with Crippen LogP contribution >= 0.6 is 0 Å². The topological polar surface area (TPSA) is 202 Å². The first-order chi connectivity index (χ1) is 20.9. The molecule has 3 aliphatic rings. The first kappa shape index (κ1) is 26.5. The number of aromatic nitrogens is 6. The average Bonchev–Trinajstić information content (AvgIpc) is 3.81. The fraction of sp³-hybridized carbons (Fsp3) is 0.276. The summed E-state index contributed by atoms with van der Waals surface area (Å²) in [6.45, 7) is 0.793. The monoisotopic (exact) mass is 578 g/mol. The van der Waals surface area contributed by atoms with Crippen molar-refractivity contribution in [3.63, 3.8) is 0 Å². The number of aromatic amines is 1. The Balaban J connectivity index is 0.992. The second-order valence-electron chi connectivity index (χ2n) is 10.8. The summed E-state index contributed by atoms with van der Waals surface area (Å²) in [5, 5.41) is 19.9. The molecule has 2 aromatic carbocycles. The Morgan fingerprint density at radius 2 is 1.81 bits per heavy atom. The van der Waals surface area contributed by atoms with Crippen LogP contribution in [0.25, 0.3) is 11.4 Å². The Morgan fingerprint density at radius 1 is 0.977 bits per heavy atom. The number of anilines is 1. The van der Waals surface area contributed by atoms with E-state index in [0.29, 0.717) is 12.4 Å². The second kappa shape index (κ2) is 10.5. The highest BCUT2D eigenvalue weighted by Gasteiger charge is 2.51. The number of H-pyrrole nitrogens is 1. The standard InChI is InChI=1S/C29H26N10O4/c30-23-24(26(41)25(23)40)39-8-7-15-2-1-14(9-22(15)39)12-31-28(42)20-11-21(33-13-32-20)29(43)34-19-6-4-16-10-17(3-5-18(16)19)27-35-37-38-36-27/h1-3,5,9-11,13,19,23-24H,4,6-8,12,30H2,(H,31,42)(H,34,43)(H,35,36,37,38)/t19-,23?,24?/m0/s1. The Hall–Kier alpha value is -5.37. The van der Waals surface area contributed by atoms with E-state index < -0.39 is 35.5 Å². The molecule has 2 unspecified atom stereocenters. The summed E-state index contributed by atoms with van der Waals surface area (Å²) in [5.41, 5.74) is 11.7. The largest absolute Gasteiger partial charge is 0.358 e. The molecule has 43 heavy (non-hydrogen) atoms. The molecule has 3 atom stereocenters. The van der Waals surface area contributed by atoms with Gasteiger partial charge in [-0.3, -0.25) is 19.2 Å². The lowest BCUT2D eigenvalue weighted by molar-refractivity contribution is -0.145. The van der Waals surface area contributed by atoms with Gasteiger partial charge in [0.05, 0.1) is 12.1 Å². The Kier molecular flexibility index (Phi) is 6.46. The molecule has 4 aromatic rings. The molecule has 216 valence electrons.